The van der Waals surface area contributed by atoms with Crippen molar-refractivity contribution in [3.05, 3.63) is 42.0 Å². The van der Waals surface area contributed by atoms with Crippen LogP contribution in [0.1, 0.15) is 25.5 Å². The lowest BCUT2D eigenvalue weighted by molar-refractivity contribution is -0.141. The molecule has 31 heavy (non-hydrogen) atoms. The molecule has 0 spiro atoms. The van der Waals surface area contributed by atoms with Gasteiger partial charge in [0.15, 0.2) is 5.65 Å². The van der Waals surface area contributed by atoms with Crippen LogP contribution in [0.25, 0.3) is 17.0 Å². The lowest BCUT2D eigenvalue weighted by atomic mass is 9.73. The minimum Gasteiger partial charge on any atom is -0.295 e. The largest absolute Gasteiger partial charge is 0.433 e. The van der Waals surface area contributed by atoms with E-state index < -0.39 is 54.2 Å². The molecule has 0 bridgehead atoms. The molecule has 1 fully saturated rings. The monoisotopic (exact) mass is 443 g/mol. The normalized spacial score (nSPS) is 17.4. The van der Waals surface area contributed by atoms with Gasteiger partial charge in [0.25, 0.3) is 0 Å². The average Bonchev–Trinajstić information content (AvgIpc) is 3.02. The van der Waals surface area contributed by atoms with Crippen molar-refractivity contribution >= 4 is 23.0 Å². The first-order chi connectivity index (χ1) is 14.4. The second-order valence-corrected chi connectivity index (χ2v) is 7.44. The number of rotatable bonds is 4. The van der Waals surface area contributed by atoms with Gasteiger partial charge < -0.3 is 0 Å². The predicted octanol–water partition coefficient (Wildman–Crippen LogP) is 4.59. The molecule has 1 aliphatic rings. The molecule has 0 radical (unpaired) electrons. The minimum atomic E-state index is -4.73. The summed E-state index contributed by atoms with van der Waals surface area (Å²) in [6.07, 6.45) is -4.73. The Morgan fingerprint density at radius 3 is 2.48 bits per heavy atom. The molecule has 3 heterocycles. The first-order valence-corrected chi connectivity index (χ1v) is 9.22. The van der Waals surface area contributed by atoms with E-state index in [0.29, 0.717) is 0 Å². The van der Waals surface area contributed by atoms with Crippen molar-refractivity contribution in [2.24, 2.45) is 11.8 Å². The second-order valence-electron chi connectivity index (χ2n) is 7.44. The summed E-state index contributed by atoms with van der Waals surface area (Å²) in [6.45, 7) is 1.48. The highest BCUT2D eigenvalue weighted by molar-refractivity contribution is 5.93. The minimum absolute atomic E-state index is 0.0252. The number of fused-ring (bicyclic) bond motifs is 1. The zero-order valence-corrected chi connectivity index (χ0v) is 15.9. The number of halogens is 6. The van der Waals surface area contributed by atoms with Crippen molar-refractivity contribution < 1.29 is 31.1 Å². The summed E-state index contributed by atoms with van der Waals surface area (Å²) in [4.78, 5) is 24.1. The maximum atomic E-state index is 13.3. The number of hydrogen-bond acceptors (Lipinski definition) is 4. The van der Waals surface area contributed by atoms with Crippen LogP contribution in [0, 0.1) is 17.7 Å². The number of nitrogens with one attached hydrogen (secondary N) is 1. The second kappa shape index (κ2) is 7.20. The molecule has 12 heteroatoms. The van der Waals surface area contributed by atoms with E-state index in [2.05, 4.69) is 20.3 Å². The fourth-order valence-electron chi connectivity index (χ4n) is 3.42. The van der Waals surface area contributed by atoms with Gasteiger partial charge in [-0.25, -0.2) is 32.7 Å². The van der Waals surface area contributed by atoms with Gasteiger partial charge >= 0.3 is 6.18 Å². The summed E-state index contributed by atoms with van der Waals surface area (Å²) in [7, 11) is 0. The number of imidazole rings is 1. The van der Waals surface area contributed by atoms with Gasteiger partial charge in [0.05, 0.1) is 6.20 Å². The summed E-state index contributed by atoms with van der Waals surface area (Å²) in [5, 5.41) is 2.46. The van der Waals surface area contributed by atoms with Gasteiger partial charge in [-0.15, -0.1) is 0 Å². The summed E-state index contributed by atoms with van der Waals surface area (Å²) in [5.74, 6) is -5.67. The SMILES string of the molecule is C[C@H](C(=O)Nc1nc2ccc(C(F)(F)F)nc2n1-c1ccc(F)cn1)C1CC(F)(F)C1. The molecule has 1 atom stereocenters. The van der Waals surface area contributed by atoms with Gasteiger partial charge in [-0.2, -0.15) is 13.2 Å². The van der Waals surface area contributed by atoms with Crippen molar-refractivity contribution in [2.75, 3.05) is 5.32 Å². The zero-order valence-electron chi connectivity index (χ0n) is 15.9. The fourth-order valence-corrected chi connectivity index (χ4v) is 3.42. The van der Waals surface area contributed by atoms with E-state index in [1.807, 2.05) is 0 Å². The lowest BCUT2D eigenvalue weighted by Crippen LogP contribution is -2.42. The first-order valence-electron chi connectivity index (χ1n) is 9.22. The summed E-state index contributed by atoms with van der Waals surface area (Å²) in [6, 6.07) is 4.04. The van der Waals surface area contributed by atoms with E-state index in [9.17, 15) is 31.1 Å². The highest BCUT2D eigenvalue weighted by Gasteiger charge is 2.49. The molecule has 1 aliphatic carbocycles. The number of aromatic nitrogens is 4. The highest BCUT2D eigenvalue weighted by atomic mass is 19.4. The van der Waals surface area contributed by atoms with Crippen molar-refractivity contribution in [3.63, 3.8) is 0 Å². The number of amides is 1. The Hall–Kier alpha value is -3.18. The molecule has 3 aromatic rings. The van der Waals surface area contributed by atoms with Crippen LogP contribution in [-0.2, 0) is 11.0 Å². The van der Waals surface area contributed by atoms with Crippen molar-refractivity contribution in [1.29, 1.82) is 0 Å². The molecule has 1 amide bonds. The van der Waals surface area contributed by atoms with Gasteiger partial charge in [0.1, 0.15) is 22.8 Å². The van der Waals surface area contributed by atoms with Crippen LogP contribution >= 0.6 is 0 Å². The number of hydrogen-bond donors (Lipinski definition) is 1. The smallest absolute Gasteiger partial charge is 0.295 e. The number of carbonyl (C=O) groups excluding carboxylic acids is 1. The highest BCUT2D eigenvalue weighted by Crippen LogP contribution is 2.46. The predicted molar refractivity (Wildman–Crippen MR) is 97.1 cm³/mol. The third-order valence-electron chi connectivity index (χ3n) is 5.21. The van der Waals surface area contributed by atoms with Crippen LogP contribution in [0.2, 0.25) is 0 Å². The van der Waals surface area contributed by atoms with Gasteiger partial charge in [0, 0.05) is 18.8 Å². The Kier molecular flexibility index (Phi) is 4.90. The third-order valence-corrected chi connectivity index (χ3v) is 5.21. The van der Waals surface area contributed by atoms with Crippen LogP contribution in [0.15, 0.2) is 30.5 Å². The molecule has 164 valence electrons. The van der Waals surface area contributed by atoms with E-state index in [1.54, 1.807) is 0 Å². The molecule has 0 aromatic carbocycles. The summed E-state index contributed by atoms with van der Waals surface area (Å²) < 4.78 is 80.0. The molecular weight excluding hydrogens is 428 g/mol. The van der Waals surface area contributed by atoms with Crippen LogP contribution in [0.5, 0.6) is 0 Å². The van der Waals surface area contributed by atoms with E-state index >= 15 is 0 Å². The molecule has 1 saturated carbocycles. The number of alkyl halides is 5. The van der Waals surface area contributed by atoms with E-state index in [-0.39, 0.29) is 22.9 Å². The van der Waals surface area contributed by atoms with E-state index in [1.165, 1.54) is 13.0 Å². The number of pyridine rings is 2. The number of anilines is 1. The van der Waals surface area contributed by atoms with Gasteiger partial charge in [0.2, 0.25) is 17.8 Å². The molecular formula is C19H15F6N5O. The van der Waals surface area contributed by atoms with Gasteiger partial charge in [-0.1, -0.05) is 6.92 Å². The fraction of sp³-hybridized carbons (Fsp3) is 0.368. The number of carbonyl (C=O) groups is 1. The molecule has 6 nitrogen and oxygen atoms in total. The van der Waals surface area contributed by atoms with Crippen molar-refractivity contribution in [2.45, 2.75) is 31.9 Å². The molecule has 4 rings (SSSR count). The van der Waals surface area contributed by atoms with Gasteiger partial charge in [-0.3, -0.25) is 10.1 Å². The maximum Gasteiger partial charge on any atom is 0.433 e. The Morgan fingerprint density at radius 2 is 1.90 bits per heavy atom. The van der Waals surface area contributed by atoms with E-state index in [4.69, 9.17) is 0 Å². The first kappa shape index (κ1) is 21.1. The maximum absolute atomic E-state index is 13.3. The number of nitrogens with zero attached hydrogens (tertiary/aromatic N) is 4. The third kappa shape index (κ3) is 4.06. The van der Waals surface area contributed by atoms with Crippen LogP contribution < -0.4 is 5.32 Å². The molecule has 0 aliphatic heterocycles. The lowest BCUT2D eigenvalue weighted by Gasteiger charge is -2.37. The zero-order chi connectivity index (χ0) is 22.6. The summed E-state index contributed by atoms with van der Waals surface area (Å²) >= 11 is 0. The Morgan fingerprint density at radius 1 is 1.19 bits per heavy atom. The molecule has 0 saturated heterocycles. The summed E-state index contributed by atoms with van der Waals surface area (Å²) in [5.41, 5.74) is -1.42. The Labute approximate surface area is 171 Å². The van der Waals surface area contributed by atoms with Crippen molar-refractivity contribution in [3.8, 4) is 5.82 Å². The Balaban J connectivity index is 1.74. The van der Waals surface area contributed by atoms with E-state index in [0.717, 1.165) is 29.0 Å². The van der Waals surface area contributed by atoms with Crippen LogP contribution in [0.3, 0.4) is 0 Å². The Bertz CT molecular complexity index is 1130. The van der Waals surface area contributed by atoms with Crippen LogP contribution in [0.4, 0.5) is 32.3 Å². The topological polar surface area (TPSA) is 72.7 Å². The standard InChI is InChI=1S/C19H15F6N5O/c1-9(10-6-18(21,22)7-10)16(31)29-17-27-12-3-4-13(19(23,24)25)28-15(12)30(17)14-5-2-11(20)8-26-14/h2-5,8-10H,6-7H2,1H3,(H,27,29,31)/t9-/m0/s1. The molecule has 3 aromatic heterocycles. The molecule has 0 unspecified atom stereocenters. The van der Waals surface area contributed by atoms with Gasteiger partial charge in [-0.05, 0) is 30.2 Å². The molecule has 1 N–H and O–H groups in total. The van der Waals surface area contributed by atoms with Crippen LogP contribution in [-0.4, -0.2) is 31.3 Å². The quantitative estimate of drug-likeness (QED) is 0.599. The van der Waals surface area contributed by atoms with Crippen molar-refractivity contribution in [1.82, 2.24) is 19.5 Å². The average molecular weight is 443 g/mol.